The lowest BCUT2D eigenvalue weighted by molar-refractivity contribution is -0.142. The topological polar surface area (TPSA) is 235 Å². The minimum atomic E-state index is -1.27. The fraction of sp³-hybridized carbons (Fsp3) is 0.542. The lowest BCUT2D eigenvalue weighted by Crippen LogP contribution is -2.58. The summed E-state index contributed by atoms with van der Waals surface area (Å²) >= 11 is 1.45. The minimum Gasteiger partial charge on any atom is -0.480 e. The number of nitrogens with two attached hydrogens (primary N) is 3. The van der Waals surface area contributed by atoms with Crippen LogP contribution in [0.1, 0.15) is 31.7 Å². The number of nitrogens with zero attached hydrogens (tertiary/aromatic N) is 1. The van der Waals surface area contributed by atoms with Crippen LogP contribution in [0.15, 0.2) is 35.3 Å². The Hall–Kier alpha value is -3.36. The van der Waals surface area contributed by atoms with Crippen molar-refractivity contribution in [2.45, 2.75) is 62.9 Å². The standard InChI is InChI=1S/C24H39N7O6S/c1-14(32)19(25)22(35)30-16(9-6-11-28-24(26)27)20(33)29-17(10-12-38-2)21(34)31-18(23(36)37)13-15-7-4-3-5-8-15/h3-5,7-8,14,16-19,32H,6,9-13,25H2,1-2H3,(H,29,33)(H,30,35)(H,31,34)(H,36,37)(H4,26,27,28). The van der Waals surface area contributed by atoms with Crippen molar-refractivity contribution in [1.29, 1.82) is 0 Å². The molecule has 1 aromatic rings. The van der Waals surface area contributed by atoms with Crippen molar-refractivity contribution in [2.75, 3.05) is 18.6 Å². The van der Waals surface area contributed by atoms with E-state index < -0.39 is 54.0 Å². The van der Waals surface area contributed by atoms with E-state index in [-0.39, 0.29) is 31.8 Å². The summed E-state index contributed by atoms with van der Waals surface area (Å²) < 4.78 is 0. The Morgan fingerprint density at radius 2 is 1.50 bits per heavy atom. The van der Waals surface area contributed by atoms with Gasteiger partial charge in [-0.15, -0.1) is 0 Å². The molecular formula is C24H39N7O6S. The molecule has 38 heavy (non-hydrogen) atoms. The number of hydrogen-bond donors (Lipinski definition) is 8. The van der Waals surface area contributed by atoms with Crippen LogP contribution in [0, 0.1) is 0 Å². The van der Waals surface area contributed by atoms with Gasteiger partial charge in [0.15, 0.2) is 5.96 Å². The molecule has 0 saturated heterocycles. The maximum atomic E-state index is 13.2. The largest absolute Gasteiger partial charge is 0.480 e. The van der Waals surface area contributed by atoms with E-state index in [2.05, 4.69) is 20.9 Å². The number of aliphatic hydroxyl groups excluding tert-OH is 1. The summed E-state index contributed by atoms with van der Waals surface area (Å²) in [5.41, 5.74) is 17.1. The van der Waals surface area contributed by atoms with Crippen molar-refractivity contribution in [3.8, 4) is 0 Å². The van der Waals surface area contributed by atoms with Crippen molar-refractivity contribution < 1.29 is 29.4 Å². The van der Waals surface area contributed by atoms with Gasteiger partial charge in [0.25, 0.3) is 0 Å². The molecule has 0 spiro atoms. The predicted molar refractivity (Wildman–Crippen MR) is 146 cm³/mol. The van der Waals surface area contributed by atoms with Gasteiger partial charge in [0.05, 0.1) is 6.10 Å². The first-order valence-electron chi connectivity index (χ1n) is 12.1. The molecule has 1 aromatic carbocycles. The van der Waals surface area contributed by atoms with E-state index in [1.807, 2.05) is 6.26 Å². The molecule has 0 radical (unpaired) electrons. The van der Waals surface area contributed by atoms with E-state index in [4.69, 9.17) is 17.2 Å². The molecule has 0 aliphatic heterocycles. The number of carboxylic acid groups (broad SMARTS) is 1. The van der Waals surface area contributed by atoms with Crippen LogP contribution in [0.25, 0.3) is 0 Å². The average molecular weight is 554 g/mol. The Labute approximate surface area is 226 Å². The van der Waals surface area contributed by atoms with Gasteiger partial charge in [0, 0.05) is 13.0 Å². The van der Waals surface area contributed by atoms with Crippen LogP contribution >= 0.6 is 11.8 Å². The number of nitrogens with one attached hydrogen (secondary N) is 3. The first-order valence-corrected chi connectivity index (χ1v) is 13.5. The molecule has 0 saturated carbocycles. The minimum absolute atomic E-state index is 0.0613. The number of aliphatic hydroxyl groups is 1. The number of hydrogen-bond acceptors (Lipinski definition) is 8. The van der Waals surface area contributed by atoms with E-state index in [0.29, 0.717) is 12.2 Å². The highest BCUT2D eigenvalue weighted by Crippen LogP contribution is 2.08. The quantitative estimate of drug-likeness (QED) is 0.0617. The molecule has 0 fully saturated rings. The fourth-order valence-corrected chi connectivity index (χ4v) is 3.83. The van der Waals surface area contributed by atoms with Gasteiger partial charge in [-0.3, -0.25) is 19.4 Å². The van der Waals surface area contributed by atoms with Crippen molar-refractivity contribution in [2.24, 2.45) is 22.2 Å². The SMILES string of the molecule is CSCCC(NC(=O)C(CCCN=C(N)N)NC(=O)C(N)C(C)O)C(=O)NC(Cc1ccccc1)C(=O)O. The molecule has 0 aliphatic carbocycles. The Kier molecular flexibility index (Phi) is 14.8. The van der Waals surface area contributed by atoms with Gasteiger partial charge in [-0.25, -0.2) is 4.79 Å². The molecule has 3 amide bonds. The number of guanidine groups is 1. The highest BCUT2D eigenvalue weighted by Gasteiger charge is 2.30. The fourth-order valence-electron chi connectivity index (χ4n) is 3.36. The molecular weight excluding hydrogens is 514 g/mol. The summed E-state index contributed by atoms with van der Waals surface area (Å²) in [5.74, 6) is -2.92. The van der Waals surface area contributed by atoms with Gasteiger partial charge in [0.1, 0.15) is 24.2 Å². The smallest absolute Gasteiger partial charge is 0.326 e. The number of carbonyl (C=O) groups is 4. The summed E-state index contributed by atoms with van der Waals surface area (Å²) in [6.07, 6.45) is 1.39. The van der Waals surface area contributed by atoms with E-state index >= 15 is 0 Å². The van der Waals surface area contributed by atoms with Gasteiger partial charge in [-0.1, -0.05) is 30.3 Å². The lowest BCUT2D eigenvalue weighted by Gasteiger charge is -2.25. The van der Waals surface area contributed by atoms with Gasteiger partial charge in [-0.2, -0.15) is 11.8 Å². The molecule has 11 N–H and O–H groups in total. The van der Waals surface area contributed by atoms with Gasteiger partial charge >= 0.3 is 5.97 Å². The number of rotatable bonds is 17. The molecule has 0 bridgehead atoms. The maximum absolute atomic E-state index is 13.2. The second kappa shape index (κ2) is 17.2. The van der Waals surface area contributed by atoms with Crippen molar-refractivity contribution in [3.63, 3.8) is 0 Å². The Bertz CT molecular complexity index is 943. The second-order valence-corrected chi connectivity index (χ2v) is 9.69. The molecule has 0 aromatic heterocycles. The van der Waals surface area contributed by atoms with Crippen molar-refractivity contribution >= 4 is 41.4 Å². The van der Waals surface area contributed by atoms with Gasteiger partial charge in [-0.05, 0) is 43.8 Å². The zero-order valence-corrected chi connectivity index (χ0v) is 22.4. The van der Waals surface area contributed by atoms with E-state index in [9.17, 15) is 29.4 Å². The van der Waals surface area contributed by atoms with Crippen LogP contribution in [0.2, 0.25) is 0 Å². The number of aliphatic imine (C=N–C) groups is 1. The predicted octanol–water partition coefficient (Wildman–Crippen LogP) is -1.72. The first kappa shape index (κ1) is 32.7. The van der Waals surface area contributed by atoms with E-state index in [0.717, 1.165) is 5.56 Å². The number of carbonyl (C=O) groups excluding carboxylic acids is 3. The number of aliphatic carboxylic acids is 1. The Balaban J connectivity index is 3.02. The van der Waals surface area contributed by atoms with Crippen LogP contribution in [0.5, 0.6) is 0 Å². The maximum Gasteiger partial charge on any atom is 0.326 e. The number of carboxylic acids is 1. The van der Waals surface area contributed by atoms with E-state index in [1.165, 1.54) is 18.7 Å². The first-order chi connectivity index (χ1) is 18.0. The van der Waals surface area contributed by atoms with Crippen LogP contribution in [0.3, 0.4) is 0 Å². The number of thioether (sulfide) groups is 1. The van der Waals surface area contributed by atoms with Crippen LogP contribution < -0.4 is 33.2 Å². The van der Waals surface area contributed by atoms with Gasteiger partial charge in [0.2, 0.25) is 17.7 Å². The summed E-state index contributed by atoms with van der Waals surface area (Å²) in [6, 6.07) is 4.19. The zero-order valence-electron chi connectivity index (χ0n) is 21.6. The average Bonchev–Trinajstić information content (AvgIpc) is 2.87. The molecule has 1 rings (SSSR count). The second-order valence-electron chi connectivity index (χ2n) is 8.71. The Morgan fingerprint density at radius 1 is 0.947 bits per heavy atom. The summed E-state index contributed by atoms with van der Waals surface area (Å²) in [5, 5.41) is 26.9. The van der Waals surface area contributed by atoms with E-state index in [1.54, 1.807) is 30.3 Å². The molecule has 5 atom stereocenters. The third-order valence-corrected chi connectivity index (χ3v) is 6.19. The molecule has 0 heterocycles. The highest BCUT2D eigenvalue weighted by atomic mass is 32.2. The zero-order chi connectivity index (χ0) is 28.7. The molecule has 0 aliphatic rings. The molecule has 14 heteroatoms. The summed E-state index contributed by atoms with van der Waals surface area (Å²) in [4.78, 5) is 54.4. The number of benzene rings is 1. The molecule has 13 nitrogen and oxygen atoms in total. The third-order valence-electron chi connectivity index (χ3n) is 5.54. The van der Waals surface area contributed by atoms with Crippen LogP contribution in [0.4, 0.5) is 0 Å². The normalized spacial score (nSPS) is 14.7. The molecule has 212 valence electrons. The highest BCUT2D eigenvalue weighted by molar-refractivity contribution is 7.98. The summed E-state index contributed by atoms with van der Waals surface area (Å²) in [7, 11) is 0. The van der Waals surface area contributed by atoms with Crippen molar-refractivity contribution in [3.05, 3.63) is 35.9 Å². The van der Waals surface area contributed by atoms with Crippen LogP contribution in [-0.4, -0.2) is 88.7 Å². The Morgan fingerprint density at radius 3 is 2.03 bits per heavy atom. The molecule has 5 unspecified atom stereocenters. The van der Waals surface area contributed by atoms with Crippen molar-refractivity contribution in [1.82, 2.24) is 16.0 Å². The summed E-state index contributed by atoms with van der Waals surface area (Å²) in [6.45, 7) is 1.54. The monoisotopic (exact) mass is 553 g/mol. The van der Waals surface area contributed by atoms with Gasteiger partial charge < -0.3 is 43.4 Å². The third kappa shape index (κ3) is 12.3. The van der Waals surface area contributed by atoms with Crippen LogP contribution in [-0.2, 0) is 25.6 Å². The number of amides is 3. The lowest BCUT2D eigenvalue weighted by atomic mass is 10.0.